The van der Waals surface area contributed by atoms with Crippen molar-refractivity contribution < 1.29 is 9.53 Å². The van der Waals surface area contributed by atoms with E-state index in [0.717, 1.165) is 12.8 Å². The molecule has 0 bridgehead atoms. The third-order valence-corrected chi connectivity index (χ3v) is 1.62. The van der Waals surface area contributed by atoms with Crippen LogP contribution in [-0.2, 0) is 9.53 Å². The second kappa shape index (κ2) is 7.59. The molecule has 0 rings (SSSR count). The Morgan fingerprint density at radius 1 is 1.54 bits per heavy atom. The van der Waals surface area contributed by atoms with Crippen molar-refractivity contribution in [3.63, 3.8) is 0 Å². The molecular formula is C10H17NO2. The first-order valence-electron chi connectivity index (χ1n) is 4.52. The molecule has 74 valence electrons. The Kier molecular flexibility index (Phi) is 6.98. The van der Waals surface area contributed by atoms with E-state index in [2.05, 4.69) is 12.3 Å². The number of rotatable bonds is 6. The van der Waals surface area contributed by atoms with Crippen LogP contribution >= 0.6 is 0 Å². The molecule has 0 aromatic heterocycles. The number of hydrogen-bond donors (Lipinski definition) is 1. The summed E-state index contributed by atoms with van der Waals surface area (Å²) in [6.07, 6.45) is 2.44. The second-order valence-corrected chi connectivity index (χ2v) is 2.62. The Morgan fingerprint density at radius 2 is 2.23 bits per heavy atom. The minimum Gasteiger partial charge on any atom is -0.462 e. The van der Waals surface area contributed by atoms with Crippen molar-refractivity contribution in [1.29, 1.82) is 0 Å². The molecule has 0 aliphatic rings. The van der Waals surface area contributed by atoms with E-state index in [1.54, 1.807) is 6.92 Å². The van der Waals surface area contributed by atoms with Gasteiger partial charge in [-0.05, 0) is 32.7 Å². The Labute approximate surface area is 79.3 Å². The van der Waals surface area contributed by atoms with E-state index >= 15 is 0 Å². The predicted octanol–water partition coefficient (Wildman–Crippen LogP) is 1.39. The highest BCUT2D eigenvalue weighted by molar-refractivity contribution is 5.88. The van der Waals surface area contributed by atoms with Gasteiger partial charge in [0.2, 0.25) is 0 Å². The van der Waals surface area contributed by atoms with Gasteiger partial charge in [-0.2, -0.15) is 0 Å². The molecule has 0 aromatic carbocycles. The van der Waals surface area contributed by atoms with Crippen LogP contribution in [0.2, 0.25) is 0 Å². The molecule has 0 amide bonds. The minimum absolute atomic E-state index is 0.311. The Balaban J connectivity index is 3.90. The zero-order valence-electron chi connectivity index (χ0n) is 8.14. The second-order valence-electron chi connectivity index (χ2n) is 2.62. The lowest BCUT2D eigenvalue weighted by Crippen LogP contribution is -2.07. The third-order valence-electron chi connectivity index (χ3n) is 1.62. The zero-order valence-corrected chi connectivity index (χ0v) is 8.14. The molecule has 0 spiro atoms. The summed E-state index contributed by atoms with van der Waals surface area (Å²) in [5.74, 6) is -0.311. The zero-order chi connectivity index (χ0) is 10.1. The molecule has 0 fully saturated rings. The van der Waals surface area contributed by atoms with Crippen LogP contribution in [0.25, 0.3) is 0 Å². The molecule has 0 saturated carbocycles. The van der Waals surface area contributed by atoms with Gasteiger partial charge >= 0.3 is 5.97 Å². The van der Waals surface area contributed by atoms with Crippen molar-refractivity contribution in [3.8, 4) is 0 Å². The van der Waals surface area contributed by atoms with Gasteiger partial charge in [-0.1, -0.05) is 6.58 Å². The molecule has 0 radical (unpaired) electrons. The lowest BCUT2D eigenvalue weighted by atomic mass is 10.1. The fourth-order valence-electron chi connectivity index (χ4n) is 0.927. The lowest BCUT2D eigenvalue weighted by Gasteiger charge is -2.03. The average molecular weight is 183 g/mol. The van der Waals surface area contributed by atoms with Gasteiger partial charge in [0.15, 0.2) is 0 Å². The number of hydrogen-bond acceptors (Lipinski definition) is 3. The summed E-state index contributed by atoms with van der Waals surface area (Å²) in [6.45, 7) is 6.26. The molecule has 0 saturated heterocycles. The van der Waals surface area contributed by atoms with Gasteiger partial charge in [-0.25, -0.2) is 4.79 Å². The van der Waals surface area contributed by atoms with E-state index in [1.807, 2.05) is 0 Å². The van der Waals surface area contributed by atoms with Crippen molar-refractivity contribution in [2.45, 2.75) is 26.2 Å². The van der Waals surface area contributed by atoms with Crippen LogP contribution in [0.4, 0.5) is 0 Å². The number of ether oxygens (including phenoxy) is 1. The fourth-order valence-corrected chi connectivity index (χ4v) is 0.927. The first kappa shape index (κ1) is 11.9. The molecule has 3 nitrogen and oxygen atoms in total. The number of esters is 1. The van der Waals surface area contributed by atoms with E-state index in [-0.39, 0.29) is 5.97 Å². The number of carbonyl (C=O) groups excluding carboxylic acids is 1. The molecule has 0 atom stereocenters. The summed E-state index contributed by atoms with van der Waals surface area (Å²) in [7, 11) is 0. The van der Waals surface area contributed by atoms with Gasteiger partial charge in [-0.15, -0.1) is 5.73 Å². The number of nitrogens with two attached hydrogens (primary N) is 1. The van der Waals surface area contributed by atoms with Crippen molar-refractivity contribution in [1.82, 2.24) is 0 Å². The van der Waals surface area contributed by atoms with Crippen LogP contribution < -0.4 is 5.73 Å². The standard InChI is InChI=1S/C10H17NO2/c1-3-9(7-5-6-8-11)10(12)13-4-2/h1,4-8,11H2,2H3. The molecule has 13 heavy (non-hydrogen) atoms. The highest BCUT2D eigenvalue weighted by atomic mass is 16.5. The molecule has 0 heterocycles. The van der Waals surface area contributed by atoms with E-state index in [9.17, 15) is 4.79 Å². The number of carbonyl (C=O) groups is 1. The Bertz CT molecular complexity index is 205. The summed E-state index contributed by atoms with van der Waals surface area (Å²) in [4.78, 5) is 11.2. The first-order valence-corrected chi connectivity index (χ1v) is 4.52. The summed E-state index contributed by atoms with van der Waals surface area (Å²) >= 11 is 0. The quantitative estimate of drug-likeness (QED) is 0.293. The summed E-state index contributed by atoms with van der Waals surface area (Å²) in [5.41, 5.74) is 8.45. The monoisotopic (exact) mass is 183 g/mol. The molecule has 0 aliphatic heterocycles. The molecule has 0 unspecified atom stereocenters. The summed E-state index contributed by atoms with van der Waals surface area (Å²) in [5, 5.41) is 0. The van der Waals surface area contributed by atoms with Crippen LogP contribution in [0.15, 0.2) is 17.9 Å². The maximum atomic E-state index is 11.2. The van der Waals surface area contributed by atoms with Gasteiger partial charge in [0.05, 0.1) is 12.2 Å². The van der Waals surface area contributed by atoms with Crippen LogP contribution in [0.5, 0.6) is 0 Å². The number of unbranched alkanes of at least 4 members (excludes halogenated alkanes) is 1. The first-order chi connectivity index (χ1) is 6.26. The summed E-state index contributed by atoms with van der Waals surface area (Å²) in [6, 6.07) is 0. The van der Waals surface area contributed by atoms with E-state index in [4.69, 9.17) is 10.5 Å². The van der Waals surface area contributed by atoms with Crippen molar-refractivity contribution in [2.75, 3.05) is 13.2 Å². The van der Waals surface area contributed by atoms with Gasteiger partial charge in [0, 0.05) is 0 Å². The van der Waals surface area contributed by atoms with Gasteiger partial charge in [0.1, 0.15) is 0 Å². The summed E-state index contributed by atoms with van der Waals surface area (Å²) < 4.78 is 4.82. The van der Waals surface area contributed by atoms with Crippen LogP contribution in [0.1, 0.15) is 26.2 Å². The highest BCUT2D eigenvalue weighted by Crippen LogP contribution is 2.07. The van der Waals surface area contributed by atoms with Crippen LogP contribution in [0, 0.1) is 0 Å². The average Bonchev–Trinajstić information content (AvgIpc) is 2.13. The van der Waals surface area contributed by atoms with Crippen molar-refractivity contribution >= 4 is 5.97 Å². The van der Waals surface area contributed by atoms with E-state index in [0.29, 0.717) is 25.1 Å². The fraction of sp³-hybridized carbons (Fsp3) is 0.600. The van der Waals surface area contributed by atoms with Gasteiger partial charge in [-0.3, -0.25) is 0 Å². The normalized spacial score (nSPS) is 9.08. The van der Waals surface area contributed by atoms with Crippen LogP contribution in [-0.4, -0.2) is 19.1 Å². The van der Waals surface area contributed by atoms with E-state index < -0.39 is 0 Å². The van der Waals surface area contributed by atoms with Gasteiger partial charge < -0.3 is 10.5 Å². The Hall–Kier alpha value is -1.05. The smallest absolute Gasteiger partial charge is 0.341 e. The maximum Gasteiger partial charge on any atom is 0.341 e. The van der Waals surface area contributed by atoms with Crippen LogP contribution in [0.3, 0.4) is 0 Å². The van der Waals surface area contributed by atoms with E-state index in [1.165, 1.54) is 0 Å². The van der Waals surface area contributed by atoms with Gasteiger partial charge in [0.25, 0.3) is 0 Å². The van der Waals surface area contributed by atoms with Crippen molar-refractivity contribution in [2.24, 2.45) is 5.73 Å². The molecule has 2 N–H and O–H groups in total. The molecule has 3 heteroatoms. The predicted molar refractivity (Wildman–Crippen MR) is 52.2 cm³/mol. The largest absolute Gasteiger partial charge is 0.462 e. The minimum atomic E-state index is -0.311. The Morgan fingerprint density at radius 3 is 2.69 bits per heavy atom. The third kappa shape index (κ3) is 5.23. The molecule has 0 aliphatic carbocycles. The molecule has 0 aromatic rings. The lowest BCUT2D eigenvalue weighted by molar-refractivity contribution is -0.138. The maximum absolute atomic E-state index is 11.2. The topological polar surface area (TPSA) is 52.3 Å². The highest BCUT2D eigenvalue weighted by Gasteiger charge is 2.08. The van der Waals surface area contributed by atoms with Crippen molar-refractivity contribution in [3.05, 3.63) is 17.9 Å². The SMILES string of the molecule is C=C=C(CCCCN)C(=O)OCC. The molecular weight excluding hydrogens is 166 g/mol.